The lowest BCUT2D eigenvalue weighted by Gasteiger charge is -2.26. The Morgan fingerprint density at radius 3 is 2.34 bits per heavy atom. The van der Waals surface area contributed by atoms with Gasteiger partial charge in [0.2, 0.25) is 5.52 Å². The summed E-state index contributed by atoms with van der Waals surface area (Å²) in [6.45, 7) is 4.27. The maximum atomic E-state index is 12.9. The molecule has 4 aromatic rings. The molecule has 4 N–H and O–H groups in total. The van der Waals surface area contributed by atoms with Crippen LogP contribution in [-0.2, 0) is 0 Å². The van der Waals surface area contributed by atoms with Crippen LogP contribution in [-0.4, -0.2) is 58.5 Å². The second kappa shape index (κ2) is 11.1. The topological polar surface area (TPSA) is 100 Å². The Balaban J connectivity index is 1.32. The lowest BCUT2D eigenvalue weighted by molar-refractivity contribution is -0.347. The van der Waals surface area contributed by atoms with Gasteiger partial charge in [0.1, 0.15) is 0 Å². The highest BCUT2D eigenvalue weighted by molar-refractivity contribution is 5.93. The van der Waals surface area contributed by atoms with Gasteiger partial charge < -0.3 is 15.5 Å². The predicted molar refractivity (Wildman–Crippen MR) is 136 cm³/mol. The molecule has 8 nitrogen and oxygen atoms in total. The number of aromatic amines is 2. The van der Waals surface area contributed by atoms with Crippen molar-refractivity contribution in [3.05, 3.63) is 83.9 Å². The zero-order chi connectivity index (χ0) is 23.9. The number of nitrogens with zero attached hydrogens (tertiary/aromatic N) is 3. The number of piperidine rings is 1. The number of likely N-dealkylation sites (tertiary alicyclic amines) is 1. The van der Waals surface area contributed by atoms with Crippen molar-refractivity contribution < 1.29 is 9.78 Å². The Hall–Kier alpha value is -3.78. The van der Waals surface area contributed by atoms with E-state index in [0.717, 1.165) is 25.2 Å². The van der Waals surface area contributed by atoms with E-state index >= 15 is 0 Å². The van der Waals surface area contributed by atoms with Crippen LogP contribution in [0.25, 0.3) is 11.2 Å². The second-order valence-corrected chi connectivity index (χ2v) is 8.97. The van der Waals surface area contributed by atoms with E-state index < -0.39 is 0 Å². The van der Waals surface area contributed by atoms with Gasteiger partial charge in [-0.2, -0.15) is 4.98 Å². The van der Waals surface area contributed by atoms with Crippen LogP contribution in [0.2, 0.25) is 0 Å². The van der Waals surface area contributed by atoms with Gasteiger partial charge in [0, 0.05) is 25.6 Å². The molecule has 1 amide bonds. The lowest BCUT2D eigenvalue weighted by atomic mass is 9.91. The van der Waals surface area contributed by atoms with Gasteiger partial charge in [-0.25, -0.2) is 4.98 Å². The molecule has 8 heteroatoms. The summed E-state index contributed by atoms with van der Waals surface area (Å²) >= 11 is 0. The van der Waals surface area contributed by atoms with Crippen LogP contribution in [0.4, 0.5) is 5.82 Å². The summed E-state index contributed by atoms with van der Waals surface area (Å²) in [6, 6.07) is 20.8. The first-order valence-corrected chi connectivity index (χ1v) is 12.4. The molecular formula is C27H32N7O+. The Morgan fingerprint density at radius 2 is 1.66 bits per heavy atom. The fourth-order valence-electron chi connectivity index (χ4n) is 4.70. The smallest absolute Gasteiger partial charge is 0.306 e. The fourth-order valence-corrected chi connectivity index (χ4v) is 4.70. The minimum absolute atomic E-state index is 0.128. The number of imidazole rings is 1. The van der Waals surface area contributed by atoms with Gasteiger partial charge in [-0.05, 0) is 37.1 Å². The van der Waals surface area contributed by atoms with Crippen molar-refractivity contribution in [3.8, 4) is 0 Å². The highest BCUT2D eigenvalue weighted by Crippen LogP contribution is 2.26. The maximum absolute atomic E-state index is 12.9. The molecule has 1 aliphatic heterocycles. The van der Waals surface area contributed by atoms with Gasteiger partial charge in [-0.15, -0.1) is 0 Å². The fraction of sp³-hybridized carbons (Fsp3) is 0.333. The van der Waals surface area contributed by atoms with Crippen molar-refractivity contribution in [3.63, 3.8) is 0 Å². The number of benzene rings is 2. The third-order valence-electron chi connectivity index (χ3n) is 6.58. The van der Waals surface area contributed by atoms with Crippen molar-refractivity contribution in [2.75, 3.05) is 38.0 Å². The van der Waals surface area contributed by atoms with E-state index in [2.05, 4.69) is 84.0 Å². The molecule has 35 heavy (non-hydrogen) atoms. The number of nitrogens with one attached hydrogen (secondary N) is 4. The molecular weight excluding hydrogens is 438 g/mol. The minimum Gasteiger partial charge on any atom is -0.366 e. The van der Waals surface area contributed by atoms with Crippen molar-refractivity contribution in [2.24, 2.45) is 0 Å². The van der Waals surface area contributed by atoms with Crippen LogP contribution in [0.15, 0.2) is 67.0 Å². The highest BCUT2D eigenvalue weighted by Gasteiger charge is 2.22. The molecule has 5 rings (SSSR count). The minimum atomic E-state index is -0.260. The number of carbonyl (C=O) groups excluding carboxylic acids is 1. The van der Waals surface area contributed by atoms with Gasteiger partial charge in [-0.3, -0.25) is 9.78 Å². The van der Waals surface area contributed by atoms with E-state index in [1.54, 1.807) is 6.33 Å². The first kappa shape index (κ1) is 23.0. The second-order valence-electron chi connectivity index (χ2n) is 8.97. The molecule has 1 fully saturated rings. The van der Waals surface area contributed by atoms with E-state index in [1.165, 1.54) is 30.4 Å². The molecule has 1 aliphatic rings. The quantitative estimate of drug-likeness (QED) is 0.349. The summed E-state index contributed by atoms with van der Waals surface area (Å²) in [5.41, 5.74) is 3.77. The molecule has 1 saturated heterocycles. The molecule has 0 aliphatic carbocycles. The summed E-state index contributed by atoms with van der Waals surface area (Å²) in [5.74, 6) is 0.632. The summed E-state index contributed by atoms with van der Waals surface area (Å²) in [6.07, 6.45) is 5.47. The Morgan fingerprint density at radius 1 is 0.971 bits per heavy atom. The van der Waals surface area contributed by atoms with Gasteiger partial charge in [-0.1, -0.05) is 72.1 Å². The van der Waals surface area contributed by atoms with E-state index in [0.29, 0.717) is 24.6 Å². The molecule has 2 aromatic heterocycles. The molecule has 0 saturated carbocycles. The number of anilines is 1. The highest BCUT2D eigenvalue weighted by atomic mass is 16.2. The van der Waals surface area contributed by atoms with E-state index in [9.17, 15) is 4.79 Å². The third kappa shape index (κ3) is 5.66. The number of hydrogen-bond acceptors (Lipinski definition) is 5. The first-order chi connectivity index (χ1) is 17.3. The van der Waals surface area contributed by atoms with Gasteiger partial charge in [0.15, 0.2) is 12.1 Å². The molecule has 0 bridgehead atoms. The van der Waals surface area contributed by atoms with Crippen molar-refractivity contribution in [1.82, 2.24) is 25.2 Å². The zero-order valence-corrected chi connectivity index (χ0v) is 19.8. The zero-order valence-electron chi connectivity index (χ0n) is 19.8. The van der Waals surface area contributed by atoms with Crippen LogP contribution >= 0.6 is 0 Å². The number of amides is 1. The predicted octanol–water partition coefficient (Wildman–Crippen LogP) is 3.23. The molecule has 0 atom stereocenters. The number of hydrogen-bond donors (Lipinski definition) is 3. The maximum Gasteiger partial charge on any atom is 0.306 e. The number of carbonyl (C=O) groups is 1. The van der Waals surface area contributed by atoms with Gasteiger partial charge in [0.05, 0.1) is 0 Å². The van der Waals surface area contributed by atoms with Crippen LogP contribution in [0, 0.1) is 0 Å². The average Bonchev–Trinajstić information content (AvgIpc) is 3.40. The summed E-state index contributed by atoms with van der Waals surface area (Å²) in [5, 5.41) is 6.47. The van der Waals surface area contributed by atoms with Crippen molar-refractivity contribution in [1.29, 1.82) is 0 Å². The van der Waals surface area contributed by atoms with Crippen LogP contribution < -0.4 is 15.6 Å². The monoisotopic (exact) mass is 470 g/mol. The molecule has 0 radical (unpaired) electrons. The third-order valence-corrected chi connectivity index (χ3v) is 6.58. The summed E-state index contributed by atoms with van der Waals surface area (Å²) < 4.78 is 0. The standard InChI is InChI=1S/C27H31N7O/c35-27(28-14-17-34-15-8-3-9-16-34)26-32-24(23-25(33-26)31-19-30-23)29-18-22(20-10-4-1-5-11-20)21-12-6-2-7-13-21/h1-2,4-7,10-13,19,22H,3,8-9,14-18H2,(H,28,35)(H2,29,30,31,32,33)/p+1. The van der Waals surface area contributed by atoms with Gasteiger partial charge >= 0.3 is 11.6 Å². The van der Waals surface area contributed by atoms with Crippen LogP contribution in [0.1, 0.15) is 46.9 Å². The Kier molecular flexibility index (Phi) is 7.29. The first-order valence-electron chi connectivity index (χ1n) is 12.4. The summed E-state index contributed by atoms with van der Waals surface area (Å²) in [4.78, 5) is 30.6. The number of aromatic nitrogens is 4. The lowest BCUT2D eigenvalue weighted by Crippen LogP contribution is -2.38. The molecule has 2 aromatic carbocycles. The molecule has 180 valence electrons. The number of rotatable bonds is 9. The normalized spacial score (nSPS) is 14.3. The van der Waals surface area contributed by atoms with Crippen LogP contribution in [0.3, 0.4) is 0 Å². The van der Waals surface area contributed by atoms with Gasteiger partial charge in [0.25, 0.3) is 5.82 Å². The van der Waals surface area contributed by atoms with Crippen molar-refractivity contribution in [2.45, 2.75) is 25.2 Å². The SMILES string of the molecule is O=C(NCCN1CCCCC1)c1nc(NCC(c2ccccc2)c2ccccc2)c2[nH]c[nH+]c2n1. The van der Waals surface area contributed by atoms with E-state index in [1.807, 2.05) is 12.1 Å². The van der Waals surface area contributed by atoms with Crippen molar-refractivity contribution >= 4 is 22.9 Å². The Labute approximate surface area is 205 Å². The number of H-pyrrole nitrogens is 2. The molecule has 0 spiro atoms. The van der Waals surface area contributed by atoms with Crippen LogP contribution in [0.5, 0.6) is 0 Å². The average molecular weight is 471 g/mol. The largest absolute Gasteiger partial charge is 0.366 e. The van der Waals surface area contributed by atoms with E-state index in [4.69, 9.17) is 0 Å². The molecule has 0 unspecified atom stereocenters. The molecule has 3 heterocycles. The Bertz CT molecular complexity index is 1200. The number of fused-ring (bicyclic) bond motifs is 1. The van der Waals surface area contributed by atoms with E-state index in [-0.39, 0.29) is 17.6 Å². The summed E-state index contributed by atoms with van der Waals surface area (Å²) in [7, 11) is 0.